The van der Waals surface area contributed by atoms with Gasteiger partial charge in [0, 0.05) is 11.8 Å². The van der Waals surface area contributed by atoms with Crippen LogP contribution in [0.4, 0.5) is 0 Å². The third-order valence-corrected chi connectivity index (χ3v) is 6.17. The van der Waals surface area contributed by atoms with E-state index >= 15 is 0 Å². The zero-order chi connectivity index (χ0) is 26.3. The molecule has 4 bridgehead atoms. The Kier molecular flexibility index (Phi) is 8.79. The Morgan fingerprint density at radius 3 is 1.44 bits per heavy atom. The number of hydrogen-bond acceptors (Lipinski definition) is 8. The highest BCUT2D eigenvalue weighted by molar-refractivity contribution is 5.91. The second-order valence-corrected chi connectivity index (χ2v) is 10.2. The molecule has 0 radical (unpaired) electrons. The Morgan fingerprint density at radius 1 is 0.667 bits per heavy atom. The molecule has 12 nitrogen and oxygen atoms in total. The van der Waals surface area contributed by atoms with E-state index < -0.39 is 11.8 Å². The van der Waals surface area contributed by atoms with Crippen LogP contribution in [0.2, 0.25) is 0 Å². The van der Waals surface area contributed by atoms with Crippen molar-refractivity contribution in [3.05, 3.63) is 47.3 Å². The second kappa shape index (κ2) is 11.6. The molecule has 0 aliphatic carbocycles. The first-order valence-electron chi connectivity index (χ1n) is 12.0. The predicted molar refractivity (Wildman–Crippen MR) is 126 cm³/mol. The van der Waals surface area contributed by atoms with E-state index in [4.69, 9.17) is 8.83 Å². The number of carbonyl (C=O) groups is 2. The summed E-state index contributed by atoms with van der Waals surface area (Å²) in [6, 6.07) is 5.90. The Balaban J connectivity index is 1.74. The van der Waals surface area contributed by atoms with E-state index in [9.17, 15) is 19.8 Å². The maximum atomic E-state index is 12.5. The highest BCUT2D eigenvalue weighted by atomic mass is 16.4. The molecule has 2 amide bonds. The van der Waals surface area contributed by atoms with Crippen LogP contribution in [0.3, 0.4) is 0 Å². The lowest BCUT2D eigenvalue weighted by Crippen LogP contribution is -2.91. The van der Waals surface area contributed by atoms with E-state index in [2.05, 4.69) is 9.98 Å². The van der Waals surface area contributed by atoms with Gasteiger partial charge in [-0.15, -0.1) is 0 Å². The SMILES string of the molecule is C[N+]1(C)CCN=C([O-])c2ccc(o2)C(=O)[NH2+]CC[N+](C)(C)CC[NH2+]C(=O)c2ccc(o2)C([O-])=NCC1. The summed E-state index contributed by atoms with van der Waals surface area (Å²) in [6.07, 6.45) is 0. The minimum Gasteiger partial charge on any atom is -0.856 e. The number of hydrogen-bond donors (Lipinski definition) is 2. The highest BCUT2D eigenvalue weighted by Gasteiger charge is 2.22. The number of furan rings is 2. The molecule has 1 aliphatic rings. The molecule has 0 unspecified atom stereocenters. The van der Waals surface area contributed by atoms with Gasteiger partial charge in [0.15, 0.2) is 0 Å². The largest absolute Gasteiger partial charge is 0.856 e. The molecule has 4 N–H and O–H groups in total. The maximum Gasteiger partial charge on any atom is 0.378 e. The molecule has 0 saturated heterocycles. The van der Waals surface area contributed by atoms with Crippen LogP contribution in [0.15, 0.2) is 43.1 Å². The summed E-state index contributed by atoms with van der Waals surface area (Å²) in [5, 5.41) is 27.9. The standard InChI is InChI=1S/C24H34N6O6/c1-29(2)13-9-25-21(31)17-5-7-19(35-17)23(33)27-11-15-30(3,4)16-12-28-24(34)20-8-6-18(36-20)22(32)26-10-14-29/h5-8H,9-16H2,1-4H3,(H2-2,25,26,27,28,31,32,33,34)/p+2. The number of likely N-dealkylation sites (N-methyl/N-ethyl adjacent to an activating group) is 2. The quantitative estimate of drug-likeness (QED) is 0.351. The third-order valence-electron chi connectivity index (χ3n) is 6.17. The molecule has 12 heteroatoms. The summed E-state index contributed by atoms with van der Waals surface area (Å²) in [4.78, 5) is 33.1. The van der Waals surface area contributed by atoms with E-state index in [-0.39, 0.29) is 47.9 Å². The van der Waals surface area contributed by atoms with Gasteiger partial charge in [-0.1, -0.05) is 0 Å². The van der Waals surface area contributed by atoms with Crippen LogP contribution in [0.1, 0.15) is 32.6 Å². The monoisotopic (exact) mass is 504 g/mol. The van der Waals surface area contributed by atoms with Gasteiger partial charge < -0.3 is 28.0 Å². The van der Waals surface area contributed by atoms with Gasteiger partial charge in [0.2, 0.25) is 11.5 Å². The van der Waals surface area contributed by atoms with Gasteiger partial charge in [-0.2, -0.15) is 0 Å². The highest BCUT2D eigenvalue weighted by Crippen LogP contribution is 2.08. The molecule has 196 valence electrons. The lowest BCUT2D eigenvalue weighted by Gasteiger charge is -2.29. The first-order chi connectivity index (χ1) is 17.0. The van der Waals surface area contributed by atoms with Crippen molar-refractivity contribution in [3.63, 3.8) is 0 Å². The van der Waals surface area contributed by atoms with Crippen molar-refractivity contribution in [1.82, 2.24) is 0 Å². The van der Waals surface area contributed by atoms with Crippen molar-refractivity contribution in [2.24, 2.45) is 9.98 Å². The molecule has 0 aromatic carbocycles. The van der Waals surface area contributed by atoms with Crippen LogP contribution < -0.4 is 20.8 Å². The van der Waals surface area contributed by atoms with E-state index in [1.807, 2.05) is 28.2 Å². The van der Waals surface area contributed by atoms with Crippen LogP contribution >= 0.6 is 0 Å². The Morgan fingerprint density at radius 2 is 1.03 bits per heavy atom. The molecule has 36 heavy (non-hydrogen) atoms. The van der Waals surface area contributed by atoms with Crippen molar-refractivity contribution in [1.29, 1.82) is 0 Å². The van der Waals surface area contributed by atoms with Gasteiger partial charge in [-0.05, 0) is 24.3 Å². The van der Waals surface area contributed by atoms with Crippen LogP contribution in [0.5, 0.6) is 0 Å². The van der Waals surface area contributed by atoms with Crippen molar-refractivity contribution in [2.45, 2.75) is 0 Å². The number of fused-ring (bicyclic) bond motifs is 4. The molecule has 3 heterocycles. The number of amides is 2. The van der Waals surface area contributed by atoms with Gasteiger partial charge in [-0.25, -0.2) is 9.59 Å². The Bertz CT molecular complexity index is 1050. The van der Waals surface area contributed by atoms with Crippen LogP contribution in [0.25, 0.3) is 0 Å². The average Bonchev–Trinajstić information content (AvgIpc) is 3.48. The lowest BCUT2D eigenvalue weighted by atomic mass is 10.3. The molecular formula is C24H36N6O6+2. The van der Waals surface area contributed by atoms with Crippen LogP contribution in [0, 0.1) is 0 Å². The Hall–Kier alpha value is -3.32. The zero-order valence-electron chi connectivity index (χ0n) is 21.4. The van der Waals surface area contributed by atoms with Crippen molar-refractivity contribution in [3.8, 4) is 0 Å². The number of nitrogens with two attached hydrogens (primary N) is 2. The van der Waals surface area contributed by atoms with Gasteiger partial charge >= 0.3 is 11.8 Å². The molecule has 0 spiro atoms. The summed E-state index contributed by atoms with van der Waals surface area (Å²) in [5.74, 6) is -1.33. The second-order valence-electron chi connectivity index (χ2n) is 10.2. The average molecular weight is 505 g/mol. The van der Waals surface area contributed by atoms with E-state index in [0.29, 0.717) is 48.2 Å². The van der Waals surface area contributed by atoms with Crippen molar-refractivity contribution in [2.75, 3.05) is 80.5 Å². The molecule has 2 aromatic heterocycles. The van der Waals surface area contributed by atoms with Gasteiger partial charge in [0.1, 0.15) is 37.7 Å². The molecule has 1 aliphatic heterocycles. The summed E-state index contributed by atoms with van der Waals surface area (Å²) < 4.78 is 12.0. The fourth-order valence-electron chi connectivity index (χ4n) is 3.69. The summed E-state index contributed by atoms with van der Waals surface area (Å²) in [6.45, 7) is 3.95. The Labute approximate surface area is 210 Å². The number of quaternary nitrogens is 4. The fraction of sp³-hybridized carbons (Fsp3) is 0.500. The minimum absolute atomic E-state index is 0.0289. The van der Waals surface area contributed by atoms with Crippen molar-refractivity contribution < 1.29 is 48.2 Å². The molecule has 0 saturated carbocycles. The zero-order valence-corrected chi connectivity index (χ0v) is 21.4. The van der Waals surface area contributed by atoms with Gasteiger partial charge in [0.05, 0.1) is 54.4 Å². The maximum absolute atomic E-state index is 12.5. The summed E-state index contributed by atoms with van der Waals surface area (Å²) >= 11 is 0. The fourth-order valence-corrected chi connectivity index (χ4v) is 3.69. The molecule has 0 atom stereocenters. The van der Waals surface area contributed by atoms with Crippen LogP contribution in [-0.2, 0) is 0 Å². The number of primary amides is 2. The summed E-state index contributed by atoms with van der Waals surface area (Å²) in [5.41, 5.74) is 0. The first-order valence-corrected chi connectivity index (χ1v) is 12.0. The van der Waals surface area contributed by atoms with E-state index in [1.54, 1.807) is 10.6 Å². The molecule has 0 fully saturated rings. The third kappa shape index (κ3) is 7.85. The lowest BCUT2D eigenvalue weighted by molar-refractivity contribution is -0.907. The smallest absolute Gasteiger partial charge is 0.378 e. The van der Waals surface area contributed by atoms with E-state index in [1.165, 1.54) is 24.3 Å². The number of carbonyl (C=O) groups excluding carboxylic acids is 2. The topological polar surface area (TPSA) is 164 Å². The minimum atomic E-state index is -0.513. The molecule has 2 aromatic rings. The van der Waals surface area contributed by atoms with E-state index in [0.717, 1.165) is 0 Å². The normalized spacial score (nSPS) is 20.8. The first kappa shape index (κ1) is 27.3. The number of nitrogens with zero attached hydrogens (tertiary/aromatic N) is 4. The predicted octanol–water partition coefficient (Wildman–Crippen LogP) is -3.64. The summed E-state index contributed by atoms with van der Waals surface area (Å²) in [7, 11) is 7.92. The molecule has 3 rings (SSSR count). The van der Waals surface area contributed by atoms with Crippen LogP contribution in [-0.4, -0.2) is 113 Å². The molecular weight excluding hydrogens is 468 g/mol. The van der Waals surface area contributed by atoms with Crippen molar-refractivity contribution >= 4 is 23.6 Å². The van der Waals surface area contributed by atoms with Gasteiger partial charge in [-0.3, -0.25) is 20.6 Å². The number of rotatable bonds is 0. The number of aliphatic imine (C=N–C) groups is 2. The van der Waals surface area contributed by atoms with Gasteiger partial charge in [0.25, 0.3) is 0 Å².